The molecular formula is C34H28F2N8O2. The van der Waals surface area contributed by atoms with Gasteiger partial charge in [0.2, 0.25) is 5.95 Å². The van der Waals surface area contributed by atoms with Crippen molar-refractivity contribution in [2.24, 2.45) is 0 Å². The molecule has 0 aliphatic carbocycles. The van der Waals surface area contributed by atoms with Crippen LogP contribution in [-0.2, 0) is 0 Å². The normalized spacial score (nSPS) is 14.4. The molecule has 4 heterocycles. The number of nitrogens with zero attached hydrogens (tertiary/aromatic N) is 5. The maximum absolute atomic E-state index is 14.1. The third-order valence-electron chi connectivity index (χ3n) is 7.68. The minimum Gasteiger partial charge on any atom is -0.374 e. The third kappa shape index (κ3) is 5.81. The lowest BCUT2D eigenvalue weighted by Crippen LogP contribution is -2.28. The van der Waals surface area contributed by atoms with Crippen LogP contribution in [0.4, 0.5) is 42.3 Å². The molecule has 2 amide bonds. The van der Waals surface area contributed by atoms with Crippen LogP contribution in [0.2, 0.25) is 0 Å². The predicted molar refractivity (Wildman–Crippen MR) is 173 cm³/mol. The van der Waals surface area contributed by atoms with E-state index in [0.717, 1.165) is 42.9 Å². The standard InChI is InChI=1S/C34H28F2N8O2/c35-25-11-5-12-26(36)31(25)42-34(46)39-22-8-3-7-21(19-22)30-32(44-17-2-1-13-28(44)41-30)27-15-16-37-33(40-27)38-23-9-4-10-24(20-23)43-18-6-14-29(43)45/h1-5,7-13,15-17,19-20,29,45H,6,14,18H2,(H,37,38,40)(H2,39,42,46). The van der Waals surface area contributed by atoms with Gasteiger partial charge in [0.25, 0.3) is 0 Å². The topological polar surface area (TPSA) is 120 Å². The number of fused-ring (bicyclic) bond motifs is 1. The van der Waals surface area contributed by atoms with Crippen molar-refractivity contribution < 1.29 is 18.7 Å². The predicted octanol–water partition coefficient (Wildman–Crippen LogP) is 7.04. The van der Waals surface area contributed by atoms with Gasteiger partial charge in [-0.3, -0.25) is 4.40 Å². The Bertz CT molecular complexity index is 2050. The molecule has 1 aliphatic rings. The average molecular weight is 619 g/mol. The molecule has 7 rings (SSSR count). The van der Waals surface area contributed by atoms with E-state index in [4.69, 9.17) is 9.97 Å². The van der Waals surface area contributed by atoms with Crippen LogP contribution in [0, 0.1) is 11.6 Å². The van der Waals surface area contributed by atoms with Gasteiger partial charge in [-0.1, -0.05) is 30.3 Å². The maximum Gasteiger partial charge on any atom is 0.323 e. The summed E-state index contributed by atoms with van der Waals surface area (Å²) in [6.45, 7) is 0.791. The first-order valence-corrected chi connectivity index (χ1v) is 14.7. The second kappa shape index (κ2) is 12.3. The number of aromatic nitrogens is 4. The molecular weight excluding hydrogens is 590 g/mol. The van der Waals surface area contributed by atoms with Gasteiger partial charge in [-0.25, -0.2) is 28.5 Å². The minimum absolute atomic E-state index is 0.376. The van der Waals surface area contributed by atoms with Crippen molar-refractivity contribution in [2.75, 3.05) is 27.4 Å². The van der Waals surface area contributed by atoms with Crippen LogP contribution in [0.15, 0.2) is 103 Å². The lowest BCUT2D eigenvalue weighted by molar-refractivity contribution is 0.186. The molecule has 3 aromatic carbocycles. The molecule has 6 aromatic rings. The van der Waals surface area contributed by atoms with Crippen LogP contribution >= 0.6 is 0 Å². The first-order chi connectivity index (χ1) is 22.4. The molecule has 0 radical (unpaired) electrons. The Hall–Kier alpha value is -5.88. The second-order valence-corrected chi connectivity index (χ2v) is 10.8. The Morgan fingerprint density at radius 3 is 2.50 bits per heavy atom. The highest BCUT2D eigenvalue weighted by Gasteiger charge is 2.23. The smallest absolute Gasteiger partial charge is 0.323 e. The number of halogens is 2. The van der Waals surface area contributed by atoms with Gasteiger partial charge in [-0.15, -0.1) is 0 Å². The summed E-state index contributed by atoms with van der Waals surface area (Å²) in [4.78, 5) is 28.8. The zero-order chi connectivity index (χ0) is 31.6. The molecule has 1 unspecified atom stereocenters. The van der Waals surface area contributed by atoms with Crippen LogP contribution in [0.5, 0.6) is 0 Å². The molecule has 1 saturated heterocycles. The molecule has 0 bridgehead atoms. The summed E-state index contributed by atoms with van der Waals surface area (Å²) in [5.74, 6) is -1.38. The van der Waals surface area contributed by atoms with E-state index in [1.54, 1.807) is 30.5 Å². The summed E-state index contributed by atoms with van der Waals surface area (Å²) in [5, 5.41) is 18.5. The fourth-order valence-corrected chi connectivity index (χ4v) is 5.57. The molecule has 3 aromatic heterocycles. The van der Waals surface area contributed by atoms with Crippen molar-refractivity contribution in [3.8, 4) is 22.6 Å². The molecule has 1 aliphatic heterocycles. The van der Waals surface area contributed by atoms with Gasteiger partial charge < -0.3 is 26.0 Å². The molecule has 10 nitrogen and oxygen atoms in total. The van der Waals surface area contributed by atoms with E-state index < -0.39 is 29.6 Å². The highest BCUT2D eigenvalue weighted by Crippen LogP contribution is 2.34. The zero-order valence-corrected chi connectivity index (χ0v) is 24.4. The quantitative estimate of drug-likeness (QED) is 0.151. The number of aliphatic hydroxyl groups is 1. The van der Waals surface area contributed by atoms with Crippen molar-refractivity contribution in [2.45, 2.75) is 19.1 Å². The molecule has 12 heteroatoms. The van der Waals surface area contributed by atoms with Crippen molar-refractivity contribution in [3.05, 3.63) is 115 Å². The van der Waals surface area contributed by atoms with Crippen LogP contribution < -0.4 is 20.9 Å². The van der Waals surface area contributed by atoms with Crippen LogP contribution in [0.3, 0.4) is 0 Å². The number of para-hydroxylation sites is 1. The molecule has 230 valence electrons. The SMILES string of the molecule is O=C(Nc1cccc(-c2nc3ccccn3c2-c2ccnc(Nc3cccc(N4CCCC4O)c3)n2)c1)Nc1c(F)cccc1F. The number of carbonyl (C=O) groups excluding carboxylic acids is 1. The molecule has 0 spiro atoms. The van der Waals surface area contributed by atoms with E-state index in [1.807, 2.05) is 64.0 Å². The molecule has 1 fully saturated rings. The van der Waals surface area contributed by atoms with E-state index in [1.165, 1.54) is 6.07 Å². The second-order valence-electron chi connectivity index (χ2n) is 10.8. The molecule has 4 N–H and O–H groups in total. The lowest BCUT2D eigenvalue weighted by atomic mass is 10.1. The van der Waals surface area contributed by atoms with E-state index in [2.05, 4.69) is 20.9 Å². The number of pyridine rings is 1. The van der Waals surface area contributed by atoms with Crippen molar-refractivity contribution in [3.63, 3.8) is 0 Å². The highest BCUT2D eigenvalue weighted by atomic mass is 19.1. The number of rotatable bonds is 7. The fourth-order valence-electron chi connectivity index (χ4n) is 5.57. The number of anilines is 5. The minimum atomic E-state index is -0.880. The average Bonchev–Trinajstić information content (AvgIpc) is 3.67. The summed E-state index contributed by atoms with van der Waals surface area (Å²) >= 11 is 0. The van der Waals surface area contributed by atoms with Crippen molar-refractivity contribution in [1.82, 2.24) is 19.4 Å². The summed E-state index contributed by atoms with van der Waals surface area (Å²) in [7, 11) is 0. The van der Waals surface area contributed by atoms with Gasteiger partial charge >= 0.3 is 6.03 Å². The maximum atomic E-state index is 14.1. The van der Waals surface area contributed by atoms with Gasteiger partial charge in [0.1, 0.15) is 29.2 Å². The lowest BCUT2D eigenvalue weighted by Gasteiger charge is -2.23. The number of benzene rings is 3. The number of nitrogens with one attached hydrogen (secondary N) is 3. The zero-order valence-electron chi connectivity index (χ0n) is 24.4. The number of amides is 2. The Morgan fingerprint density at radius 1 is 0.870 bits per heavy atom. The highest BCUT2D eigenvalue weighted by molar-refractivity contribution is 6.00. The van der Waals surface area contributed by atoms with Crippen molar-refractivity contribution >= 4 is 40.4 Å². The van der Waals surface area contributed by atoms with E-state index >= 15 is 0 Å². The van der Waals surface area contributed by atoms with E-state index in [9.17, 15) is 18.7 Å². The summed E-state index contributed by atoms with van der Waals surface area (Å²) in [6, 6.07) is 24.7. The van der Waals surface area contributed by atoms with E-state index in [0.29, 0.717) is 39.9 Å². The molecule has 0 saturated carbocycles. The third-order valence-corrected chi connectivity index (χ3v) is 7.68. The number of hydrogen-bond donors (Lipinski definition) is 4. The van der Waals surface area contributed by atoms with Crippen LogP contribution in [-0.4, -0.2) is 43.3 Å². The van der Waals surface area contributed by atoms with Gasteiger partial charge in [0, 0.05) is 41.6 Å². The largest absolute Gasteiger partial charge is 0.374 e. The molecule has 46 heavy (non-hydrogen) atoms. The summed E-state index contributed by atoms with van der Waals surface area (Å²) in [6.07, 6.45) is 4.73. The number of urea groups is 1. The number of imidazole rings is 1. The molecule has 1 atom stereocenters. The Balaban J connectivity index is 1.19. The Labute approximate surface area is 262 Å². The van der Waals surface area contributed by atoms with Gasteiger partial charge in [0.15, 0.2) is 0 Å². The van der Waals surface area contributed by atoms with Gasteiger partial charge in [-0.2, -0.15) is 0 Å². The first-order valence-electron chi connectivity index (χ1n) is 14.7. The van der Waals surface area contributed by atoms with Gasteiger partial charge in [-0.05, 0) is 73.5 Å². The van der Waals surface area contributed by atoms with Crippen molar-refractivity contribution in [1.29, 1.82) is 0 Å². The summed E-state index contributed by atoms with van der Waals surface area (Å²) < 4.78 is 30.1. The Kier molecular flexibility index (Phi) is 7.69. The van der Waals surface area contributed by atoms with Crippen LogP contribution in [0.1, 0.15) is 12.8 Å². The van der Waals surface area contributed by atoms with E-state index in [-0.39, 0.29) is 0 Å². The van der Waals surface area contributed by atoms with Crippen LogP contribution in [0.25, 0.3) is 28.3 Å². The summed E-state index contributed by atoms with van der Waals surface area (Å²) in [5.41, 5.74) is 4.81. The number of hydrogen-bond acceptors (Lipinski definition) is 7. The monoisotopic (exact) mass is 618 g/mol. The first kappa shape index (κ1) is 28.9. The van der Waals surface area contributed by atoms with Gasteiger partial charge in [0.05, 0.1) is 17.1 Å². The fraction of sp³-hybridized carbons (Fsp3) is 0.118. The number of carbonyl (C=O) groups is 1. The Morgan fingerprint density at radius 2 is 1.67 bits per heavy atom. The number of aliphatic hydroxyl groups excluding tert-OH is 1.